The molecule has 1 aromatic carbocycles. The van der Waals surface area contributed by atoms with Crippen LogP contribution in [0.4, 0.5) is 5.13 Å². The summed E-state index contributed by atoms with van der Waals surface area (Å²) in [7, 11) is 0. The number of amides is 1. The molecule has 1 amide bonds. The van der Waals surface area contributed by atoms with Crippen LogP contribution in [0.5, 0.6) is 5.75 Å². The molecule has 0 aliphatic carbocycles. The van der Waals surface area contributed by atoms with Crippen LogP contribution in [0.3, 0.4) is 0 Å². The first-order chi connectivity index (χ1) is 11.4. The number of para-hydroxylation sites is 1. The minimum absolute atomic E-state index is 0.0176. The third kappa shape index (κ3) is 4.53. The van der Waals surface area contributed by atoms with Crippen molar-refractivity contribution in [2.75, 3.05) is 5.32 Å². The topological polar surface area (TPSA) is 94.3 Å². The molecule has 0 saturated carbocycles. The number of hydrogen-bond donors (Lipinski definition) is 2. The van der Waals surface area contributed by atoms with E-state index >= 15 is 0 Å². The number of anilines is 1. The minimum atomic E-state index is -0.746. The summed E-state index contributed by atoms with van der Waals surface area (Å²) in [6.07, 6.45) is 2.20. The van der Waals surface area contributed by atoms with Crippen molar-refractivity contribution in [1.82, 2.24) is 4.98 Å². The van der Waals surface area contributed by atoms with E-state index in [4.69, 9.17) is 22.1 Å². The number of thiazole rings is 1. The maximum atomic E-state index is 12.4. The molecule has 0 radical (unpaired) electrons. The Hall–Kier alpha value is -1.96. The highest BCUT2D eigenvalue weighted by atomic mass is 35.5. The first-order valence-corrected chi connectivity index (χ1v) is 8.60. The fourth-order valence-corrected chi connectivity index (χ4v) is 2.69. The van der Waals surface area contributed by atoms with Gasteiger partial charge in [0.15, 0.2) is 5.13 Å². The molecule has 0 fully saturated rings. The molecule has 0 aliphatic rings. The number of rotatable bonds is 6. The van der Waals surface area contributed by atoms with Gasteiger partial charge in [0.2, 0.25) is 0 Å². The third-order valence-corrected chi connectivity index (χ3v) is 4.60. The van der Waals surface area contributed by atoms with Crippen LogP contribution in [0.25, 0.3) is 0 Å². The zero-order valence-electron chi connectivity index (χ0n) is 13.3. The Morgan fingerprint density at radius 2 is 2.12 bits per heavy atom. The minimum Gasteiger partial charge on any atom is -0.425 e. The number of carbonyl (C=O) groups excluding carboxylic acids is 2. The lowest BCUT2D eigenvalue weighted by Gasteiger charge is -2.17. The molecule has 1 heterocycles. The Kier molecular flexibility index (Phi) is 6.30. The number of benzene rings is 1. The molecular weight excluding hydrogens is 350 g/mol. The summed E-state index contributed by atoms with van der Waals surface area (Å²) in [5.74, 6) is -0.874. The lowest BCUT2D eigenvalue weighted by molar-refractivity contribution is -0.137. The highest BCUT2D eigenvalue weighted by Crippen LogP contribution is 2.25. The number of nitrogens with zero attached hydrogens (tertiary/aromatic N) is 1. The average molecular weight is 368 g/mol. The number of halogens is 1. The molecule has 24 heavy (non-hydrogen) atoms. The molecule has 128 valence electrons. The van der Waals surface area contributed by atoms with Crippen molar-refractivity contribution in [2.24, 2.45) is 11.7 Å². The van der Waals surface area contributed by atoms with Gasteiger partial charge >= 0.3 is 5.97 Å². The van der Waals surface area contributed by atoms with Crippen LogP contribution >= 0.6 is 22.9 Å². The Labute approximate surface area is 149 Å². The second kappa shape index (κ2) is 8.23. The predicted octanol–water partition coefficient (Wildman–Crippen LogP) is 3.33. The zero-order valence-corrected chi connectivity index (χ0v) is 14.9. The summed E-state index contributed by atoms with van der Waals surface area (Å²) >= 11 is 6.93. The first-order valence-electron chi connectivity index (χ1n) is 7.41. The summed E-state index contributed by atoms with van der Waals surface area (Å²) < 4.78 is 5.79. The maximum absolute atomic E-state index is 12.4. The molecule has 0 saturated heterocycles. The fourth-order valence-electron chi connectivity index (χ4n) is 1.88. The van der Waals surface area contributed by atoms with Crippen LogP contribution in [0.15, 0.2) is 30.5 Å². The van der Waals surface area contributed by atoms with Crippen molar-refractivity contribution >= 4 is 39.9 Å². The van der Waals surface area contributed by atoms with E-state index in [1.54, 1.807) is 24.3 Å². The van der Waals surface area contributed by atoms with Crippen molar-refractivity contribution < 1.29 is 14.3 Å². The average Bonchev–Trinajstić information content (AvgIpc) is 2.98. The fraction of sp³-hybridized carbons (Fsp3) is 0.312. The van der Waals surface area contributed by atoms with Gasteiger partial charge in [-0.3, -0.25) is 10.1 Å². The van der Waals surface area contributed by atoms with Crippen molar-refractivity contribution in [2.45, 2.75) is 26.3 Å². The summed E-state index contributed by atoms with van der Waals surface area (Å²) in [6.45, 7) is 3.81. The van der Waals surface area contributed by atoms with Crippen LogP contribution in [0.2, 0.25) is 4.34 Å². The van der Waals surface area contributed by atoms with Crippen molar-refractivity contribution in [3.63, 3.8) is 0 Å². The molecule has 0 aliphatic heterocycles. The second-order valence-corrected chi connectivity index (χ2v) is 6.91. The van der Waals surface area contributed by atoms with Gasteiger partial charge in [-0.15, -0.1) is 0 Å². The standard InChI is InChI=1S/C16H18ClN3O3S/c1-3-9(2)13(18)15(22)23-11-7-5-4-6-10(11)14(21)20-16-19-8-12(17)24-16/h4-9,13H,3,18H2,1-2H3,(H,19,20,21)/t9?,13-/m0/s1. The smallest absolute Gasteiger partial charge is 0.328 e. The van der Waals surface area contributed by atoms with E-state index in [9.17, 15) is 9.59 Å². The Balaban J connectivity index is 2.14. The van der Waals surface area contributed by atoms with Gasteiger partial charge in [0.25, 0.3) is 5.91 Å². The lowest BCUT2D eigenvalue weighted by atomic mass is 10.0. The van der Waals surface area contributed by atoms with Crippen LogP contribution in [-0.4, -0.2) is 22.9 Å². The highest BCUT2D eigenvalue weighted by molar-refractivity contribution is 7.19. The molecular formula is C16H18ClN3O3S. The third-order valence-electron chi connectivity index (χ3n) is 3.57. The van der Waals surface area contributed by atoms with Gasteiger partial charge in [-0.25, -0.2) is 9.78 Å². The van der Waals surface area contributed by atoms with Gasteiger partial charge in [-0.2, -0.15) is 0 Å². The number of ether oxygens (including phenoxy) is 1. The molecule has 3 N–H and O–H groups in total. The van der Waals surface area contributed by atoms with E-state index in [2.05, 4.69) is 10.3 Å². The van der Waals surface area contributed by atoms with Crippen LogP contribution in [-0.2, 0) is 4.79 Å². The van der Waals surface area contributed by atoms with E-state index < -0.39 is 17.9 Å². The first kappa shape index (κ1) is 18.4. The monoisotopic (exact) mass is 367 g/mol. The van der Waals surface area contributed by atoms with E-state index in [0.717, 1.165) is 17.8 Å². The van der Waals surface area contributed by atoms with Gasteiger partial charge < -0.3 is 10.5 Å². The van der Waals surface area contributed by atoms with E-state index in [0.29, 0.717) is 9.47 Å². The van der Waals surface area contributed by atoms with Crippen LogP contribution in [0, 0.1) is 5.92 Å². The summed E-state index contributed by atoms with van der Waals surface area (Å²) in [5.41, 5.74) is 6.09. The maximum Gasteiger partial charge on any atom is 0.328 e. The van der Waals surface area contributed by atoms with E-state index in [1.807, 2.05) is 13.8 Å². The summed E-state index contributed by atoms with van der Waals surface area (Å²) in [6, 6.07) is 5.71. The van der Waals surface area contributed by atoms with Gasteiger partial charge in [0.1, 0.15) is 16.1 Å². The van der Waals surface area contributed by atoms with Gasteiger partial charge in [-0.05, 0) is 18.1 Å². The highest BCUT2D eigenvalue weighted by Gasteiger charge is 2.23. The number of nitrogens with two attached hydrogens (primary N) is 1. The molecule has 2 rings (SSSR count). The molecule has 1 unspecified atom stereocenters. The predicted molar refractivity (Wildman–Crippen MR) is 94.6 cm³/mol. The molecule has 8 heteroatoms. The Bertz CT molecular complexity index is 735. The van der Waals surface area contributed by atoms with E-state index in [-0.39, 0.29) is 17.2 Å². The summed E-state index contributed by atoms with van der Waals surface area (Å²) in [5, 5.41) is 2.98. The second-order valence-electron chi connectivity index (χ2n) is 5.25. The van der Waals surface area contributed by atoms with E-state index in [1.165, 1.54) is 6.20 Å². The normalized spacial score (nSPS) is 13.2. The van der Waals surface area contributed by atoms with Crippen molar-refractivity contribution in [1.29, 1.82) is 0 Å². The molecule has 6 nitrogen and oxygen atoms in total. The van der Waals surface area contributed by atoms with Gasteiger partial charge in [-0.1, -0.05) is 55.3 Å². The van der Waals surface area contributed by atoms with Gasteiger partial charge in [0, 0.05) is 0 Å². The number of nitrogens with one attached hydrogen (secondary N) is 1. The number of carbonyl (C=O) groups is 2. The quantitative estimate of drug-likeness (QED) is 0.603. The van der Waals surface area contributed by atoms with Crippen LogP contribution < -0.4 is 15.8 Å². The van der Waals surface area contributed by atoms with Crippen molar-refractivity contribution in [3.8, 4) is 5.75 Å². The molecule has 0 spiro atoms. The Morgan fingerprint density at radius 3 is 2.75 bits per heavy atom. The molecule has 1 aromatic heterocycles. The van der Waals surface area contributed by atoms with Crippen molar-refractivity contribution in [3.05, 3.63) is 40.4 Å². The summed E-state index contributed by atoms with van der Waals surface area (Å²) in [4.78, 5) is 28.5. The number of hydrogen-bond acceptors (Lipinski definition) is 6. The Morgan fingerprint density at radius 1 is 1.42 bits per heavy atom. The SMILES string of the molecule is CCC(C)[C@H](N)C(=O)Oc1ccccc1C(=O)Nc1ncc(Cl)s1. The molecule has 2 atom stereocenters. The lowest BCUT2D eigenvalue weighted by Crippen LogP contribution is -2.39. The van der Waals surface area contributed by atoms with Gasteiger partial charge in [0.05, 0.1) is 11.8 Å². The van der Waals surface area contributed by atoms with Crippen LogP contribution in [0.1, 0.15) is 30.6 Å². The molecule has 0 bridgehead atoms. The molecule has 2 aromatic rings. The number of aromatic nitrogens is 1. The number of esters is 1. The largest absolute Gasteiger partial charge is 0.425 e. The zero-order chi connectivity index (χ0) is 17.7.